The Labute approximate surface area is 183 Å². The van der Waals surface area contributed by atoms with Gasteiger partial charge in [-0.3, -0.25) is 4.79 Å². The molecule has 3 nitrogen and oxygen atoms in total. The Kier molecular flexibility index (Phi) is 6.39. The number of piperazine rings is 1. The van der Waals surface area contributed by atoms with Crippen molar-refractivity contribution in [1.82, 2.24) is 4.90 Å². The predicted octanol–water partition coefficient (Wildman–Crippen LogP) is 5.40. The number of benzene rings is 3. The highest BCUT2D eigenvalue weighted by Crippen LogP contribution is 2.26. The lowest BCUT2D eigenvalue weighted by Gasteiger charge is -2.37. The lowest BCUT2D eigenvalue weighted by molar-refractivity contribution is 0.0745. The van der Waals surface area contributed by atoms with Gasteiger partial charge < -0.3 is 9.80 Å². The summed E-state index contributed by atoms with van der Waals surface area (Å²) in [5.41, 5.74) is 5.63. The van der Waals surface area contributed by atoms with Crippen LogP contribution in [-0.2, 0) is 12.8 Å². The number of hydrogen-bond donors (Lipinski definition) is 0. The third kappa shape index (κ3) is 4.68. The number of aryl methyl sites for hydroxylation is 3. The lowest BCUT2D eigenvalue weighted by atomic mass is 9.99. The Bertz CT molecular complexity index is 1010. The van der Waals surface area contributed by atoms with Crippen LogP contribution in [0, 0.1) is 6.92 Å². The highest BCUT2D eigenvalue weighted by atomic mass is 35.5. The smallest absolute Gasteiger partial charge is 0.254 e. The van der Waals surface area contributed by atoms with Gasteiger partial charge in [-0.2, -0.15) is 0 Å². The van der Waals surface area contributed by atoms with Gasteiger partial charge in [0.2, 0.25) is 0 Å². The largest absolute Gasteiger partial charge is 0.368 e. The molecule has 0 unspecified atom stereocenters. The van der Waals surface area contributed by atoms with E-state index in [-0.39, 0.29) is 5.91 Å². The van der Waals surface area contributed by atoms with Crippen molar-refractivity contribution in [1.29, 1.82) is 0 Å². The van der Waals surface area contributed by atoms with Crippen LogP contribution in [0.1, 0.15) is 27.0 Å². The molecule has 0 saturated carbocycles. The van der Waals surface area contributed by atoms with Crippen LogP contribution >= 0.6 is 11.6 Å². The first-order valence-electron chi connectivity index (χ1n) is 10.5. The van der Waals surface area contributed by atoms with Crippen LogP contribution in [0.15, 0.2) is 72.8 Å². The summed E-state index contributed by atoms with van der Waals surface area (Å²) in [7, 11) is 0. The van der Waals surface area contributed by atoms with Crippen LogP contribution < -0.4 is 4.90 Å². The maximum absolute atomic E-state index is 13.3. The Morgan fingerprint density at radius 1 is 0.867 bits per heavy atom. The summed E-state index contributed by atoms with van der Waals surface area (Å²) in [6.07, 6.45) is 1.81. The SMILES string of the molecule is Cc1ccc(Cl)cc1N1CCN(C(=O)c2ccccc2CCc2ccccc2)CC1. The quantitative estimate of drug-likeness (QED) is 0.554. The van der Waals surface area contributed by atoms with Gasteiger partial charge in [0.25, 0.3) is 5.91 Å². The molecule has 4 rings (SSSR count). The maximum atomic E-state index is 13.3. The van der Waals surface area contributed by atoms with E-state index in [1.807, 2.05) is 41.3 Å². The van der Waals surface area contributed by atoms with Crippen molar-refractivity contribution in [2.45, 2.75) is 19.8 Å². The van der Waals surface area contributed by atoms with Crippen LogP contribution in [0.4, 0.5) is 5.69 Å². The zero-order valence-electron chi connectivity index (χ0n) is 17.4. The van der Waals surface area contributed by atoms with Crippen molar-refractivity contribution >= 4 is 23.2 Å². The van der Waals surface area contributed by atoms with E-state index in [1.54, 1.807) is 0 Å². The van der Waals surface area contributed by atoms with E-state index in [1.165, 1.54) is 11.1 Å². The Morgan fingerprint density at radius 3 is 2.33 bits per heavy atom. The number of carbonyl (C=O) groups is 1. The Hall–Kier alpha value is -2.78. The van der Waals surface area contributed by atoms with Gasteiger partial charge >= 0.3 is 0 Å². The highest BCUT2D eigenvalue weighted by Gasteiger charge is 2.24. The number of nitrogens with zero attached hydrogens (tertiary/aromatic N) is 2. The van der Waals surface area contributed by atoms with E-state index >= 15 is 0 Å². The van der Waals surface area contributed by atoms with Crippen molar-refractivity contribution in [3.05, 3.63) is 100 Å². The van der Waals surface area contributed by atoms with Crippen LogP contribution in [0.5, 0.6) is 0 Å². The first-order valence-corrected chi connectivity index (χ1v) is 10.9. The van der Waals surface area contributed by atoms with Gasteiger partial charge in [-0.1, -0.05) is 66.2 Å². The van der Waals surface area contributed by atoms with E-state index in [0.717, 1.165) is 60.9 Å². The molecule has 0 atom stereocenters. The molecule has 3 aromatic carbocycles. The second-order valence-electron chi connectivity index (χ2n) is 7.85. The number of carbonyl (C=O) groups excluding carboxylic acids is 1. The molecule has 1 aliphatic rings. The first kappa shape index (κ1) is 20.5. The highest BCUT2D eigenvalue weighted by molar-refractivity contribution is 6.30. The van der Waals surface area contributed by atoms with E-state index < -0.39 is 0 Å². The zero-order valence-corrected chi connectivity index (χ0v) is 18.1. The molecule has 3 aromatic rings. The van der Waals surface area contributed by atoms with Gasteiger partial charge in [0.1, 0.15) is 0 Å². The van der Waals surface area contributed by atoms with Gasteiger partial charge in [0.15, 0.2) is 0 Å². The molecule has 1 saturated heterocycles. The van der Waals surface area contributed by atoms with Crippen molar-refractivity contribution in [3.63, 3.8) is 0 Å². The Morgan fingerprint density at radius 2 is 1.57 bits per heavy atom. The van der Waals surface area contributed by atoms with E-state index in [2.05, 4.69) is 48.2 Å². The van der Waals surface area contributed by atoms with Crippen LogP contribution in [0.25, 0.3) is 0 Å². The molecule has 1 heterocycles. The molecular weight excluding hydrogens is 392 g/mol. The number of hydrogen-bond acceptors (Lipinski definition) is 2. The summed E-state index contributed by atoms with van der Waals surface area (Å²) in [5.74, 6) is 0.140. The molecule has 0 aromatic heterocycles. The number of amides is 1. The molecule has 0 N–H and O–H groups in total. The normalized spacial score (nSPS) is 14.1. The third-order valence-corrected chi connectivity index (χ3v) is 6.09. The summed E-state index contributed by atoms with van der Waals surface area (Å²) in [5, 5.41) is 0.751. The predicted molar refractivity (Wildman–Crippen MR) is 125 cm³/mol. The molecule has 1 amide bonds. The molecular formula is C26H27ClN2O. The molecule has 0 spiro atoms. The molecule has 154 valence electrons. The Balaban J connectivity index is 1.42. The van der Waals surface area contributed by atoms with Gasteiger partial charge in [-0.15, -0.1) is 0 Å². The molecule has 1 aliphatic heterocycles. The fraction of sp³-hybridized carbons (Fsp3) is 0.269. The second kappa shape index (κ2) is 9.36. The van der Waals surface area contributed by atoms with Gasteiger partial charge in [0, 0.05) is 42.5 Å². The fourth-order valence-electron chi connectivity index (χ4n) is 4.11. The van der Waals surface area contributed by atoms with Crippen molar-refractivity contribution in [2.75, 3.05) is 31.1 Å². The molecule has 30 heavy (non-hydrogen) atoms. The van der Waals surface area contributed by atoms with E-state index in [0.29, 0.717) is 0 Å². The average molecular weight is 419 g/mol. The van der Waals surface area contributed by atoms with Crippen molar-refractivity contribution in [2.24, 2.45) is 0 Å². The maximum Gasteiger partial charge on any atom is 0.254 e. The summed E-state index contributed by atoms with van der Waals surface area (Å²) >= 11 is 6.20. The van der Waals surface area contributed by atoms with Crippen molar-refractivity contribution < 1.29 is 4.79 Å². The minimum absolute atomic E-state index is 0.140. The molecule has 0 aliphatic carbocycles. The molecule has 0 radical (unpaired) electrons. The molecule has 4 heteroatoms. The van der Waals surface area contributed by atoms with Gasteiger partial charge in [-0.25, -0.2) is 0 Å². The van der Waals surface area contributed by atoms with E-state index in [4.69, 9.17) is 11.6 Å². The van der Waals surface area contributed by atoms with Gasteiger partial charge in [-0.05, 0) is 54.7 Å². The molecule has 0 bridgehead atoms. The monoisotopic (exact) mass is 418 g/mol. The van der Waals surface area contributed by atoms with E-state index in [9.17, 15) is 4.79 Å². The summed E-state index contributed by atoms with van der Waals surface area (Å²) in [6.45, 7) is 5.18. The zero-order chi connectivity index (χ0) is 20.9. The summed E-state index contributed by atoms with van der Waals surface area (Å²) in [6, 6.07) is 24.5. The number of anilines is 1. The van der Waals surface area contributed by atoms with Crippen LogP contribution in [0.3, 0.4) is 0 Å². The second-order valence-corrected chi connectivity index (χ2v) is 8.29. The number of rotatable bonds is 5. The van der Waals surface area contributed by atoms with Gasteiger partial charge in [0.05, 0.1) is 0 Å². The minimum Gasteiger partial charge on any atom is -0.368 e. The minimum atomic E-state index is 0.140. The standard InChI is InChI=1S/C26H27ClN2O/c1-20-11-14-23(27)19-25(20)28-15-17-29(18-16-28)26(30)24-10-6-5-9-22(24)13-12-21-7-3-2-4-8-21/h2-11,14,19H,12-13,15-18H2,1H3. The topological polar surface area (TPSA) is 23.6 Å². The first-order chi connectivity index (χ1) is 14.6. The van der Waals surface area contributed by atoms with Crippen LogP contribution in [0.2, 0.25) is 5.02 Å². The summed E-state index contributed by atoms with van der Waals surface area (Å²) < 4.78 is 0. The number of halogens is 1. The lowest BCUT2D eigenvalue weighted by Crippen LogP contribution is -2.49. The summed E-state index contributed by atoms with van der Waals surface area (Å²) in [4.78, 5) is 17.6. The average Bonchev–Trinajstić information content (AvgIpc) is 2.80. The van der Waals surface area contributed by atoms with Crippen molar-refractivity contribution in [3.8, 4) is 0 Å². The fourth-order valence-corrected chi connectivity index (χ4v) is 4.28. The third-order valence-electron chi connectivity index (χ3n) is 5.85. The molecule has 1 fully saturated rings. The van der Waals surface area contributed by atoms with Crippen LogP contribution in [-0.4, -0.2) is 37.0 Å².